The number of aryl methyl sites for hydroxylation is 2. The average Bonchev–Trinajstić information content (AvgIpc) is 3.12. The van der Waals surface area contributed by atoms with Crippen LogP contribution in [0.3, 0.4) is 0 Å². The van der Waals surface area contributed by atoms with Crippen molar-refractivity contribution < 1.29 is 9.90 Å². The maximum absolute atomic E-state index is 12.4. The number of rotatable bonds is 4. The minimum atomic E-state index is -0.113. The Morgan fingerprint density at radius 1 is 1.17 bits per heavy atom. The first-order valence-corrected chi connectivity index (χ1v) is 9.99. The number of hydrogen-bond donors (Lipinski definition) is 3. The SMILES string of the molecule is Cc1ccc(O)c(-c2nn(C)cc2-c2ccc(NC(=O)C3CCCCN3)cc2)c1. The predicted octanol–water partition coefficient (Wildman–Crippen LogP) is 3.85. The van der Waals surface area contributed by atoms with Gasteiger partial charge in [-0.25, -0.2) is 0 Å². The highest BCUT2D eigenvalue weighted by molar-refractivity contribution is 5.95. The van der Waals surface area contributed by atoms with Gasteiger partial charge < -0.3 is 15.7 Å². The van der Waals surface area contributed by atoms with E-state index in [0.29, 0.717) is 5.56 Å². The highest BCUT2D eigenvalue weighted by atomic mass is 16.3. The van der Waals surface area contributed by atoms with Gasteiger partial charge in [-0.05, 0) is 56.1 Å². The molecule has 29 heavy (non-hydrogen) atoms. The predicted molar refractivity (Wildman–Crippen MR) is 115 cm³/mol. The molecular weight excluding hydrogens is 364 g/mol. The molecule has 0 aliphatic carbocycles. The lowest BCUT2D eigenvalue weighted by Crippen LogP contribution is -2.43. The third kappa shape index (κ3) is 4.17. The van der Waals surface area contributed by atoms with Crippen LogP contribution in [-0.2, 0) is 11.8 Å². The fraction of sp³-hybridized carbons (Fsp3) is 0.304. The second-order valence-electron chi connectivity index (χ2n) is 7.65. The van der Waals surface area contributed by atoms with E-state index in [-0.39, 0.29) is 17.7 Å². The van der Waals surface area contributed by atoms with E-state index in [4.69, 9.17) is 0 Å². The second-order valence-corrected chi connectivity index (χ2v) is 7.65. The second kappa shape index (κ2) is 8.09. The summed E-state index contributed by atoms with van der Waals surface area (Å²) in [7, 11) is 1.87. The summed E-state index contributed by atoms with van der Waals surface area (Å²) in [5.74, 6) is 0.226. The molecule has 1 saturated heterocycles. The van der Waals surface area contributed by atoms with Gasteiger partial charge >= 0.3 is 0 Å². The molecule has 1 aromatic heterocycles. The standard InChI is InChI=1S/C23H26N4O2/c1-15-6-11-21(28)18(13-15)22-19(14-27(2)26-22)16-7-9-17(10-8-16)25-23(29)20-5-3-4-12-24-20/h6-11,13-14,20,24,28H,3-5,12H2,1-2H3,(H,25,29). The van der Waals surface area contributed by atoms with Crippen molar-refractivity contribution in [3.8, 4) is 28.1 Å². The van der Waals surface area contributed by atoms with Crippen molar-refractivity contribution in [3.05, 3.63) is 54.2 Å². The maximum Gasteiger partial charge on any atom is 0.241 e. The number of nitrogens with zero attached hydrogens (tertiary/aromatic N) is 2. The molecule has 0 saturated carbocycles. The van der Waals surface area contributed by atoms with Crippen molar-refractivity contribution in [3.63, 3.8) is 0 Å². The minimum Gasteiger partial charge on any atom is -0.507 e. The van der Waals surface area contributed by atoms with E-state index in [1.54, 1.807) is 10.7 Å². The normalized spacial score (nSPS) is 16.6. The number of carbonyl (C=O) groups excluding carboxylic acids is 1. The monoisotopic (exact) mass is 390 g/mol. The van der Waals surface area contributed by atoms with Gasteiger partial charge in [-0.3, -0.25) is 9.48 Å². The van der Waals surface area contributed by atoms with E-state index in [1.165, 1.54) is 0 Å². The Balaban J connectivity index is 1.58. The first-order valence-electron chi connectivity index (χ1n) is 9.99. The Morgan fingerprint density at radius 2 is 1.97 bits per heavy atom. The molecule has 1 unspecified atom stereocenters. The zero-order valence-electron chi connectivity index (χ0n) is 16.8. The van der Waals surface area contributed by atoms with Crippen molar-refractivity contribution >= 4 is 11.6 Å². The number of phenols is 1. The van der Waals surface area contributed by atoms with Crippen LogP contribution in [0.1, 0.15) is 24.8 Å². The van der Waals surface area contributed by atoms with Gasteiger partial charge in [0.25, 0.3) is 0 Å². The molecule has 150 valence electrons. The topological polar surface area (TPSA) is 79.2 Å². The van der Waals surface area contributed by atoms with Gasteiger partial charge in [0.05, 0.1) is 6.04 Å². The van der Waals surface area contributed by atoms with Crippen LogP contribution in [0.2, 0.25) is 0 Å². The average molecular weight is 390 g/mol. The molecule has 0 bridgehead atoms. The highest BCUT2D eigenvalue weighted by Gasteiger charge is 2.20. The molecule has 6 heteroatoms. The van der Waals surface area contributed by atoms with E-state index in [1.807, 2.05) is 56.6 Å². The molecule has 2 heterocycles. The van der Waals surface area contributed by atoms with Crippen LogP contribution in [0, 0.1) is 6.92 Å². The third-order valence-corrected chi connectivity index (χ3v) is 5.33. The summed E-state index contributed by atoms with van der Waals surface area (Å²) in [6.07, 6.45) is 5.03. The summed E-state index contributed by atoms with van der Waals surface area (Å²) in [6, 6.07) is 13.1. The number of amides is 1. The van der Waals surface area contributed by atoms with Gasteiger partial charge in [-0.1, -0.05) is 30.2 Å². The molecule has 6 nitrogen and oxygen atoms in total. The van der Waals surface area contributed by atoms with Gasteiger partial charge in [0.15, 0.2) is 0 Å². The van der Waals surface area contributed by atoms with E-state index in [9.17, 15) is 9.90 Å². The lowest BCUT2D eigenvalue weighted by atomic mass is 9.99. The zero-order valence-corrected chi connectivity index (χ0v) is 16.8. The van der Waals surface area contributed by atoms with E-state index >= 15 is 0 Å². The minimum absolute atomic E-state index is 0.0178. The van der Waals surface area contributed by atoms with Crippen LogP contribution in [-0.4, -0.2) is 33.4 Å². The summed E-state index contributed by atoms with van der Waals surface area (Å²) in [4.78, 5) is 12.4. The number of aromatic hydroxyl groups is 1. The Labute approximate surface area is 170 Å². The third-order valence-electron chi connectivity index (χ3n) is 5.33. The van der Waals surface area contributed by atoms with Crippen molar-refractivity contribution in [1.82, 2.24) is 15.1 Å². The molecule has 1 aliphatic heterocycles. The van der Waals surface area contributed by atoms with Crippen LogP contribution >= 0.6 is 0 Å². The van der Waals surface area contributed by atoms with Crippen LogP contribution in [0.4, 0.5) is 5.69 Å². The highest BCUT2D eigenvalue weighted by Crippen LogP contribution is 2.36. The van der Waals surface area contributed by atoms with Gasteiger partial charge in [0, 0.05) is 30.1 Å². The van der Waals surface area contributed by atoms with Crippen LogP contribution in [0.25, 0.3) is 22.4 Å². The number of piperidine rings is 1. The van der Waals surface area contributed by atoms with Gasteiger partial charge in [-0.2, -0.15) is 5.10 Å². The van der Waals surface area contributed by atoms with Crippen molar-refractivity contribution in [1.29, 1.82) is 0 Å². The summed E-state index contributed by atoms with van der Waals surface area (Å²) >= 11 is 0. The van der Waals surface area contributed by atoms with Crippen molar-refractivity contribution in [2.75, 3.05) is 11.9 Å². The smallest absolute Gasteiger partial charge is 0.241 e. The van der Waals surface area contributed by atoms with Crippen LogP contribution in [0.5, 0.6) is 5.75 Å². The molecule has 0 spiro atoms. The maximum atomic E-state index is 12.4. The Morgan fingerprint density at radius 3 is 2.69 bits per heavy atom. The molecule has 0 radical (unpaired) electrons. The fourth-order valence-electron chi connectivity index (χ4n) is 3.78. The van der Waals surface area contributed by atoms with E-state index in [0.717, 1.165) is 53.9 Å². The summed E-state index contributed by atoms with van der Waals surface area (Å²) in [6.45, 7) is 2.89. The molecule has 1 amide bonds. The largest absolute Gasteiger partial charge is 0.507 e. The molecule has 4 rings (SSSR count). The molecule has 3 N–H and O–H groups in total. The lowest BCUT2D eigenvalue weighted by Gasteiger charge is -2.22. The van der Waals surface area contributed by atoms with Crippen molar-refractivity contribution in [2.24, 2.45) is 7.05 Å². The zero-order chi connectivity index (χ0) is 20.4. The number of aromatic nitrogens is 2. The number of phenolic OH excluding ortho intramolecular Hbond substituents is 1. The molecule has 1 aliphatic rings. The number of hydrogen-bond acceptors (Lipinski definition) is 4. The fourth-order valence-corrected chi connectivity index (χ4v) is 3.78. The molecule has 3 aromatic rings. The van der Waals surface area contributed by atoms with Gasteiger partial charge in [-0.15, -0.1) is 0 Å². The van der Waals surface area contributed by atoms with Crippen LogP contribution in [0.15, 0.2) is 48.7 Å². The lowest BCUT2D eigenvalue weighted by molar-refractivity contribution is -0.118. The number of anilines is 1. The summed E-state index contributed by atoms with van der Waals surface area (Å²) in [5.41, 5.74) is 5.18. The number of benzene rings is 2. The Bertz CT molecular complexity index is 1020. The van der Waals surface area contributed by atoms with Crippen LogP contribution < -0.4 is 10.6 Å². The number of nitrogens with one attached hydrogen (secondary N) is 2. The number of carbonyl (C=O) groups is 1. The van der Waals surface area contributed by atoms with E-state index in [2.05, 4.69) is 15.7 Å². The van der Waals surface area contributed by atoms with E-state index < -0.39 is 0 Å². The summed E-state index contributed by atoms with van der Waals surface area (Å²) < 4.78 is 1.75. The quantitative estimate of drug-likeness (QED) is 0.632. The van der Waals surface area contributed by atoms with Crippen molar-refractivity contribution in [2.45, 2.75) is 32.2 Å². The summed E-state index contributed by atoms with van der Waals surface area (Å²) in [5, 5.41) is 21.2. The first kappa shape index (κ1) is 19.2. The Kier molecular flexibility index (Phi) is 5.36. The first-order chi connectivity index (χ1) is 14.0. The Hall–Kier alpha value is -3.12. The molecule has 1 atom stereocenters. The molecular formula is C23H26N4O2. The molecule has 1 fully saturated rings. The van der Waals surface area contributed by atoms with Gasteiger partial charge in [0.2, 0.25) is 5.91 Å². The molecule has 2 aromatic carbocycles. The van der Waals surface area contributed by atoms with Gasteiger partial charge in [0.1, 0.15) is 11.4 Å².